The highest BCUT2D eigenvalue weighted by atomic mass is 32.2. The summed E-state index contributed by atoms with van der Waals surface area (Å²) in [5, 5.41) is 2.90. The lowest BCUT2D eigenvalue weighted by molar-refractivity contribution is -0.118. The maximum absolute atomic E-state index is 11.7. The molecule has 1 aromatic carbocycles. The molecule has 0 bridgehead atoms. The van der Waals surface area contributed by atoms with Gasteiger partial charge in [-0.25, -0.2) is 0 Å². The first-order valence-corrected chi connectivity index (χ1v) is 7.18. The van der Waals surface area contributed by atoms with Crippen LogP contribution in [0.3, 0.4) is 0 Å². The van der Waals surface area contributed by atoms with E-state index < -0.39 is 0 Å². The van der Waals surface area contributed by atoms with Crippen molar-refractivity contribution in [3.8, 4) is 0 Å². The lowest BCUT2D eigenvalue weighted by Gasteiger charge is -2.10. The summed E-state index contributed by atoms with van der Waals surface area (Å²) < 4.78 is 0. The average Bonchev–Trinajstić information content (AvgIpc) is 2.36. The molecule has 1 unspecified atom stereocenters. The Morgan fingerprint density at radius 2 is 2.17 bits per heavy atom. The van der Waals surface area contributed by atoms with Gasteiger partial charge < -0.3 is 11.1 Å². The van der Waals surface area contributed by atoms with E-state index in [-0.39, 0.29) is 5.91 Å². The smallest absolute Gasteiger partial charge is 0.230 e. The molecule has 0 fully saturated rings. The van der Waals surface area contributed by atoms with Gasteiger partial charge in [0.05, 0.1) is 5.75 Å². The van der Waals surface area contributed by atoms with Gasteiger partial charge in [-0.3, -0.25) is 4.79 Å². The van der Waals surface area contributed by atoms with Crippen LogP contribution in [0.4, 0.5) is 0 Å². The third-order valence-electron chi connectivity index (χ3n) is 2.75. The molecule has 18 heavy (non-hydrogen) atoms. The molecule has 0 aliphatic heterocycles. The molecule has 1 amide bonds. The van der Waals surface area contributed by atoms with Crippen LogP contribution in [-0.4, -0.2) is 24.7 Å². The zero-order valence-electron chi connectivity index (χ0n) is 11.3. The van der Waals surface area contributed by atoms with E-state index in [1.165, 1.54) is 16.0 Å². The van der Waals surface area contributed by atoms with Crippen molar-refractivity contribution >= 4 is 17.7 Å². The maximum Gasteiger partial charge on any atom is 0.230 e. The van der Waals surface area contributed by atoms with Gasteiger partial charge in [-0.05, 0) is 37.9 Å². The van der Waals surface area contributed by atoms with E-state index in [0.29, 0.717) is 24.8 Å². The quantitative estimate of drug-likeness (QED) is 0.775. The van der Waals surface area contributed by atoms with Crippen LogP contribution in [-0.2, 0) is 4.79 Å². The van der Waals surface area contributed by atoms with Crippen molar-refractivity contribution in [1.29, 1.82) is 0 Å². The minimum atomic E-state index is 0.0706. The first-order chi connectivity index (χ1) is 8.52. The summed E-state index contributed by atoms with van der Waals surface area (Å²) in [5.41, 5.74) is 7.94. The van der Waals surface area contributed by atoms with Crippen molar-refractivity contribution in [2.45, 2.75) is 25.7 Å². The Bertz CT molecular complexity index is 407. The van der Waals surface area contributed by atoms with E-state index in [9.17, 15) is 4.79 Å². The summed E-state index contributed by atoms with van der Waals surface area (Å²) in [6, 6.07) is 6.30. The Hall–Kier alpha value is -1.00. The highest BCUT2D eigenvalue weighted by Gasteiger charge is 2.06. The normalized spacial score (nSPS) is 12.2. The van der Waals surface area contributed by atoms with E-state index in [1.807, 2.05) is 6.92 Å². The van der Waals surface area contributed by atoms with Gasteiger partial charge in [-0.1, -0.05) is 24.6 Å². The summed E-state index contributed by atoms with van der Waals surface area (Å²) in [7, 11) is 0. The summed E-state index contributed by atoms with van der Waals surface area (Å²) in [5.74, 6) is 0.863. The molecule has 0 aliphatic carbocycles. The summed E-state index contributed by atoms with van der Waals surface area (Å²) in [4.78, 5) is 12.8. The van der Waals surface area contributed by atoms with Gasteiger partial charge in [0, 0.05) is 11.4 Å². The lowest BCUT2D eigenvalue weighted by atomic mass is 10.2. The van der Waals surface area contributed by atoms with Crippen LogP contribution in [0, 0.1) is 19.8 Å². The molecule has 100 valence electrons. The van der Waals surface area contributed by atoms with Gasteiger partial charge in [-0.2, -0.15) is 0 Å². The Balaban J connectivity index is 2.40. The van der Waals surface area contributed by atoms with Crippen molar-refractivity contribution in [3.05, 3.63) is 29.3 Å². The largest absolute Gasteiger partial charge is 0.355 e. The molecule has 0 heterocycles. The van der Waals surface area contributed by atoms with Gasteiger partial charge in [0.2, 0.25) is 5.91 Å². The number of nitrogens with one attached hydrogen (secondary N) is 1. The molecule has 3 nitrogen and oxygen atoms in total. The highest BCUT2D eigenvalue weighted by molar-refractivity contribution is 8.00. The molecule has 4 heteroatoms. The predicted octanol–water partition coefficient (Wildman–Crippen LogP) is 2.11. The summed E-state index contributed by atoms with van der Waals surface area (Å²) in [6.45, 7) is 7.41. The zero-order chi connectivity index (χ0) is 13.5. The average molecular weight is 266 g/mol. The van der Waals surface area contributed by atoms with Crippen molar-refractivity contribution in [2.75, 3.05) is 18.8 Å². The number of aryl methyl sites for hydroxylation is 2. The number of amides is 1. The Kier molecular flexibility index (Phi) is 6.22. The van der Waals surface area contributed by atoms with Crippen molar-refractivity contribution in [2.24, 2.45) is 11.7 Å². The highest BCUT2D eigenvalue weighted by Crippen LogP contribution is 2.23. The number of hydrogen-bond acceptors (Lipinski definition) is 3. The topological polar surface area (TPSA) is 55.1 Å². The van der Waals surface area contributed by atoms with Crippen molar-refractivity contribution in [1.82, 2.24) is 5.32 Å². The molecule has 0 aromatic heterocycles. The van der Waals surface area contributed by atoms with Crippen LogP contribution in [0.25, 0.3) is 0 Å². The number of nitrogens with two attached hydrogens (primary N) is 1. The number of thioether (sulfide) groups is 1. The number of carbonyl (C=O) groups is 1. The van der Waals surface area contributed by atoms with Crippen molar-refractivity contribution in [3.63, 3.8) is 0 Å². The molecule has 0 saturated heterocycles. The summed E-state index contributed by atoms with van der Waals surface area (Å²) >= 11 is 1.59. The molecule has 0 radical (unpaired) electrons. The SMILES string of the molecule is Cc1ccc(C)c(SCC(=O)NCC(C)CN)c1. The molecule has 0 aliphatic rings. The fraction of sp³-hybridized carbons (Fsp3) is 0.500. The van der Waals surface area contributed by atoms with Crippen LogP contribution in [0.2, 0.25) is 0 Å². The van der Waals surface area contributed by atoms with Gasteiger partial charge >= 0.3 is 0 Å². The molecular formula is C14H22N2OS. The van der Waals surface area contributed by atoms with Gasteiger partial charge in [0.25, 0.3) is 0 Å². The second-order valence-electron chi connectivity index (χ2n) is 4.70. The van der Waals surface area contributed by atoms with E-state index in [0.717, 1.165) is 0 Å². The van der Waals surface area contributed by atoms with E-state index in [4.69, 9.17) is 5.73 Å². The van der Waals surface area contributed by atoms with Crippen LogP contribution in [0.15, 0.2) is 23.1 Å². The Morgan fingerprint density at radius 1 is 1.44 bits per heavy atom. The van der Waals surface area contributed by atoms with Gasteiger partial charge in [-0.15, -0.1) is 11.8 Å². The van der Waals surface area contributed by atoms with Gasteiger partial charge in [0.15, 0.2) is 0 Å². The van der Waals surface area contributed by atoms with E-state index >= 15 is 0 Å². The first-order valence-electron chi connectivity index (χ1n) is 6.19. The molecular weight excluding hydrogens is 244 g/mol. The van der Waals surface area contributed by atoms with Crippen LogP contribution in [0.5, 0.6) is 0 Å². The molecule has 1 atom stereocenters. The second-order valence-corrected chi connectivity index (χ2v) is 5.72. The third kappa shape index (κ3) is 5.10. The number of carbonyl (C=O) groups excluding carboxylic acids is 1. The monoisotopic (exact) mass is 266 g/mol. The minimum Gasteiger partial charge on any atom is -0.355 e. The molecule has 3 N–H and O–H groups in total. The molecule has 0 saturated carbocycles. The molecule has 1 aromatic rings. The Morgan fingerprint density at radius 3 is 2.83 bits per heavy atom. The predicted molar refractivity (Wildman–Crippen MR) is 77.9 cm³/mol. The molecule has 1 rings (SSSR count). The zero-order valence-corrected chi connectivity index (χ0v) is 12.1. The first kappa shape index (κ1) is 15.1. The number of hydrogen-bond donors (Lipinski definition) is 2. The van der Waals surface area contributed by atoms with Gasteiger partial charge in [0.1, 0.15) is 0 Å². The minimum absolute atomic E-state index is 0.0706. The molecule has 0 spiro atoms. The van der Waals surface area contributed by atoms with Crippen LogP contribution >= 0.6 is 11.8 Å². The fourth-order valence-corrected chi connectivity index (χ4v) is 2.38. The third-order valence-corrected chi connectivity index (χ3v) is 3.91. The lowest BCUT2D eigenvalue weighted by Crippen LogP contribution is -2.32. The van der Waals surface area contributed by atoms with Crippen LogP contribution in [0.1, 0.15) is 18.1 Å². The van der Waals surface area contributed by atoms with Crippen LogP contribution < -0.4 is 11.1 Å². The van der Waals surface area contributed by atoms with E-state index in [1.54, 1.807) is 11.8 Å². The fourth-order valence-electron chi connectivity index (χ4n) is 1.43. The Labute approximate surface area is 114 Å². The number of benzene rings is 1. The van der Waals surface area contributed by atoms with Crippen molar-refractivity contribution < 1.29 is 4.79 Å². The summed E-state index contributed by atoms with van der Waals surface area (Å²) in [6.07, 6.45) is 0. The standard InChI is InChI=1S/C14H22N2OS/c1-10-4-5-12(3)13(6-10)18-9-14(17)16-8-11(2)7-15/h4-6,11H,7-9,15H2,1-3H3,(H,16,17). The number of rotatable bonds is 6. The second kappa shape index (κ2) is 7.44. The maximum atomic E-state index is 11.7. The van der Waals surface area contributed by atoms with E-state index in [2.05, 4.69) is 37.4 Å².